The molecule has 0 aliphatic rings. The number of nitrogens with two attached hydrogens (primary N) is 2. The third-order valence-electron chi connectivity index (χ3n) is 1.96. The van der Waals surface area contributed by atoms with Crippen LogP contribution in [0.4, 0.5) is 11.4 Å². The quantitative estimate of drug-likeness (QED) is 0.648. The molecule has 72 valence electrons. The molecule has 0 bridgehead atoms. The number of rotatable bonds is 1. The Labute approximate surface area is 81.3 Å². The van der Waals surface area contributed by atoms with Crippen molar-refractivity contribution < 1.29 is 0 Å². The largest absolute Gasteiger partial charge is 0.397 e. The normalized spacial score (nSPS) is 10.4. The van der Waals surface area contributed by atoms with Crippen LogP contribution in [0.1, 0.15) is 5.56 Å². The molecule has 0 spiro atoms. The molecule has 0 radical (unpaired) electrons. The van der Waals surface area contributed by atoms with E-state index in [0.29, 0.717) is 17.1 Å². The molecular formula is C9H11N5. The number of nitrogen functional groups attached to an aromatic ring is 2. The highest BCUT2D eigenvalue weighted by atomic mass is 15.4. The Kier molecular flexibility index (Phi) is 1.85. The first-order valence-corrected chi connectivity index (χ1v) is 4.21. The van der Waals surface area contributed by atoms with Crippen LogP contribution in [-0.2, 0) is 0 Å². The molecule has 2 aromatic rings. The Balaban J connectivity index is 2.64. The summed E-state index contributed by atoms with van der Waals surface area (Å²) < 4.78 is 1.56. The second kappa shape index (κ2) is 3.02. The van der Waals surface area contributed by atoms with Crippen molar-refractivity contribution >= 4 is 11.4 Å². The second-order valence-corrected chi connectivity index (χ2v) is 3.14. The Morgan fingerprint density at radius 2 is 1.86 bits per heavy atom. The maximum atomic E-state index is 5.84. The van der Waals surface area contributed by atoms with Gasteiger partial charge >= 0.3 is 0 Å². The van der Waals surface area contributed by atoms with Crippen LogP contribution < -0.4 is 11.5 Å². The van der Waals surface area contributed by atoms with Crippen molar-refractivity contribution in [3.05, 3.63) is 30.1 Å². The van der Waals surface area contributed by atoms with Gasteiger partial charge in [0.25, 0.3) is 0 Å². The molecule has 2 rings (SSSR count). The molecule has 1 heterocycles. The molecule has 1 aromatic heterocycles. The molecular weight excluding hydrogens is 178 g/mol. The van der Waals surface area contributed by atoms with Gasteiger partial charge in [-0.05, 0) is 24.6 Å². The van der Waals surface area contributed by atoms with Crippen LogP contribution in [0.25, 0.3) is 5.69 Å². The van der Waals surface area contributed by atoms with Crippen LogP contribution in [0.5, 0.6) is 0 Å². The molecule has 5 nitrogen and oxygen atoms in total. The van der Waals surface area contributed by atoms with Crippen LogP contribution >= 0.6 is 0 Å². The van der Waals surface area contributed by atoms with Crippen molar-refractivity contribution in [3.8, 4) is 5.69 Å². The summed E-state index contributed by atoms with van der Waals surface area (Å²) in [5.74, 6) is 0. The van der Waals surface area contributed by atoms with E-state index in [1.807, 2.05) is 19.1 Å². The highest BCUT2D eigenvalue weighted by molar-refractivity contribution is 5.72. The molecule has 0 atom stereocenters. The highest BCUT2D eigenvalue weighted by Gasteiger charge is 2.07. The monoisotopic (exact) mass is 189 g/mol. The molecule has 0 amide bonds. The van der Waals surface area contributed by atoms with Crippen LogP contribution in [0.3, 0.4) is 0 Å². The highest BCUT2D eigenvalue weighted by Crippen LogP contribution is 2.24. The van der Waals surface area contributed by atoms with Gasteiger partial charge in [0.05, 0.1) is 23.8 Å². The van der Waals surface area contributed by atoms with Crippen LogP contribution in [0.15, 0.2) is 24.5 Å². The number of hydrogen-bond acceptors (Lipinski definition) is 4. The SMILES string of the molecule is Cc1cc(N)c(-n2ccnn2)c(N)c1. The Morgan fingerprint density at radius 1 is 1.21 bits per heavy atom. The number of aryl methyl sites for hydroxylation is 1. The molecule has 0 fully saturated rings. The average molecular weight is 189 g/mol. The van der Waals surface area contributed by atoms with Crippen molar-refractivity contribution in [2.75, 3.05) is 11.5 Å². The molecule has 0 unspecified atom stereocenters. The van der Waals surface area contributed by atoms with Crippen molar-refractivity contribution in [2.45, 2.75) is 6.92 Å². The van der Waals surface area contributed by atoms with E-state index in [4.69, 9.17) is 11.5 Å². The van der Waals surface area contributed by atoms with E-state index < -0.39 is 0 Å². The van der Waals surface area contributed by atoms with Gasteiger partial charge in [-0.2, -0.15) is 0 Å². The molecule has 0 aliphatic heterocycles. The summed E-state index contributed by atoms with van der Waals surface area (Å²) in [6, 6.07) is 3.71. The summed E-state index contributed by atoms with van der Waals surface area (Å²) >= 11 is 0. The van der Waals surface area contributed by atoms with Gasteiger partial charge in [0, 0.05) is 0 Å². The lowest BCUT2D eigenvalue weighted by molar-refractivity contribution is 0.806. The van der Waals surface area contributed by atoms with E-state index in [1.165, 1.54) is 0 Å². The van der Waals surface area contributed by atoms with Crippen LogP contribution in [0.2, 0.25) is 0 Å². The minimum atomic E-state index is 0.605. The van der Waals surface area contributed by atoms with Gasteiger partial charge in [0.2, 0.25) is 0 Å². The Morgan fingerprint density at radius 3 is 2.36 bits per heavy atom. The van der Waals surface area contributed by atoms with Gasteiger partial charge in [-0.15, -0.1) is 5.10 Å². The molecule has 0 saturated heterocycles. The minimum Gasteiger partial charge on any atom is -0.397 e. The zero-order valence-corrected chi connectivity index (χ0v) is 7.81. The fourth-order valence-electron chi connectivity index (χ4n) is 1.43. The third-order valence-corrected chi connectivity index (χ3v) is 1.96. The predicted octanol–water partition coefficient (Wildman–Crippen LogP) is 0.740. The first-order chi connectivity index (χ1) is 6.68. The fourth-order valence-corrected chi connectivity index (χ4v) is 1.43. The number of benzene rings is 1. The van der Waals surface area contributed by atoms with Crippen LogP contribution in [0, 0.1) is 6.92 Å². The van der Waals surface area contributed by atoms with Gasteiger partial charge in [-0.3, -0.25) is 0 Å². The maximum absolute atomic E-state index is 5.84. The lowest BCUT2D eigenvalue weighted by Crippen LogP contribution is -2.05. The van der Waals surface area contributed by atoms with E-state index >= 15 is 0 Å². The number of anilines is 2. The average Bonchev–Trinajstić information content (AvgIpc) is 2.54. The van der Waals surface area contributed by atoms with E-state index in [-0.39, 0.29) is 0 Å². The topological polar surface area (TPSA) is 82.8 Å². The summed E-state index contributed by atoms with van der Waals surface area (Å²) in [4.78, 5) is 0. The lowest BCUT2D eigenvalue weighted by atomic mass is 10.1. The zero-order chi connectivity index (χ0) is 10.1. The number of aromatic nitrogens is 3. The van der Waals surface area contributed by atoms with E-state index in [9.17, 15) is 0 Å². The predicted molar refractivity (Wildman–Crippen MR) is 54.9 cm³/mol. The second-order valence-electron chi connectivity index (χ2n) is 3.14. The van der Waals surface area contributed by atoms with Crippen molar-refractivity contribution in [2.24, 2.45) is 0 Å². The molecule has 1 aromatic carbocycles. The first kappa shape index (κ1) is 8.55. The standard InChI is InChI=1S/C9H11N5/c1-6-4-7(10)9(8(11)5-6)14-3-2-12-13-14/h2-5H,10-11H2,1H3. The zero-order valence-electron chi connectivity index (χ0n) is 7.81. The van der Waals surface area contributed by atoms with Gasteiger partial charge < -0.3 is 11.5 Å². The molecule has 0 aliphatic carbocycles. The third kappa shape index (κ3) is 1.28. The van der Waals surface area contributed by atoms with E-state index in [2.05, 4.69) is 10.3 Å². The summed E-state index contributed by atoms with van der Waals surface area (Å²) in [7, 11) is 0. The van der Waals surface area contributed by atoms with Gasteiger partial charge in [-0.25, -0.2) is 4.68 Å². The summed E-state index contributed by atoms with van der Waals surface area (Å²) in [5, 5.41) is 7.55. The summed E-state index contributed by atoms with van der Waals surface area (Å²) in [6.45, 7) is 1.94. The van der Waals surface area contributed by atoms with E-state index in [1.54, 1.807) is 17.1 Å². The number of hydrogen-bond donors (Lipinski definition) is 2. The Bertz CT molecular complexity index is 423. The number of nitrogens with zero attached hydrogens (tertiary/aromatic N) is 3. The summed E-state index contributed by atoms with van der Waals surface area (Å²) in [6.07, 6.45) is 3.29. The van der Waals surface area contributed by atoms with Crippen LogP contribution in [-0.4, -0.2) is 15.0 Å². The lowest BCUT2D eigenvalue weighted by Gasteiger charge is -2.09. The molecule has 4 N–H and O–H groups in total. The van der Waals surface area contributed by atoms with Crippen molar-refractivity contribution in [1.29, 1.82) is 0 Å². The Hall–Kier alpha value is -2.04. The molecule has 14 heavy (non-hydrogen) atoms. The molecule has 0 saturated carbocycles. The fraction of sp³-hybridized carbons (Fsp3) is 0.111. The van der Waals surface area contributed by atoms with Crippen molar-refractivity contribution in [1.82, 2.24) is 15.0 Å². The first-order valence-electron chi connectivity index (χ1n) is 4.21. The van der Waals surface area contributed by atoms with Crippen molar-refractivity contribution in [3.63, 3.8) is 0 Å². The molecule has 5 heteroatoms. The van der Waals surface area contributed by atoms with E-state index in [0.717, 1.165) is 5.56 Å². The minimum absolute atomic E-state index is 0.605. The van der Waals surface area contributed by atoms with Gasteiger partial charge in [0.15, 0.2) is 0 Å². The smallest absolute Gasteiger partial charge is 0.112 e. The van der Waals surface area contributed by atoms with Gasteiger partial charge in [-0.1, -0.05) is 5.21 Å². The maximum Gasteiger partial charge on any atom is 0.112 e. The van der Waals surface area contributed by atoms with Gasteiger partial charge in [0.1, 0.15) is 5.69 Å². The summed E-state index contributed by atoms with van der Waals surface area (Å²) in [5.41, 5.74) is 14.6.